The molecule has 1 aromatic heterocycles. The molecule has 2 rings (SSSR count). The van der Waals surface area contributed by atoms with Gasteiger partial charge in [-0.15, -0.1) is 0 Å². The third-order valence-corrected chi connectivity index (χ3v) is 2.58. The van der Waals surface area contributed by atoms with Crippen molar-refractivity contribution in [1.29, 1.82) is 0 Å². The molecule has 0 bridgehead atoms. The first-order valence-corrected chi connectivity index (χ1v) is 4.24. The summed E-state index contributed by atoms with van der Waals surface area (Å²) in [4.78, 5) is 0. The van der Waals surface area contributed by atoms with Crippen molar-refractivity contribution in [3.63, 3.8) is 0 Å². The van der Waals surface area contributed by atoms with Gasteiger partial charge in [0.2, 0.25) is 0 Å². The maximum Gasteiger partial charge on any atom is 0.0533 e. The van der Waals surface area contributed by atoms with Gasteiger partial charge in [0.1, 0.15) is 0 Å². The van der Waals surface area contributed by atoms with Crippen LogP contribution in [0, 0.1) is 0 Å². The zero-order valence-corrected chi connectivity index (χ0v) is 7.63. The molecule has 1 N–H and O–H groups in total. The first kappa shape index (κ1) is 6.60. The largest absolute Gasteiger partial charge is 0.281 e. The Balaban J connectivity index is 2.30. The van der Waals surface area contributed by atoms with Crippen LogP contribution in [0.1, 0.15) is 11.3 Å². The number of fused-ring (bicyclic) bond motifs is 1. The van der Waals surface area contributed by atoms with Crippen LogP contribution in [-0.2, 0) is 13.0 Å². The lowest BCUT2D eigenvalue weighted by molar-refractivity contribution is 0.474. The lowest BCUT2D eigenvalue weighted by Crippen LogP contribution is -2.20. The minimum atomic E-state index is 1.01. The standard InChI is InChI=1S/C6H8IN3/c7-10-2-1-5-3-8-9-6(5)4-10/h3H,1-2,4H2,(H,8,9). The van der Waals surface area contributed by atoms with E-state index >= 15 is 0 Å². The number of nitrogens with one attached hydrogen (secondary N) is 1. The SMILES string of the molecule is IN1CCc2cn[nH]c2C1. The molecule has 0 saturated carbocycles. The van der Waals surface area contributed by atoms with Crippen molar-refractivity contribution in [1.82, 2.24) is 13.3 Å². The summed E-state index contributed by atoms with van der Waals surface area (Å²) in [7, 11) is 0. The molecule has 0 saturated heterocycles. The quantitative estimate of drug-likeness (QED) is 0.552. The molecule has 2 heterocycles. The molecule has 0 atom stereocenters. The summed E-state index contributed by atoms with van der Waals surface area (Å²) in [5.74, 6) is 0. The molecule has 0 spiro atoms. The Hall–Kier alpha value is -0.100. The van der Waals surface area contributed by atoms with Crippen molar-refractivity contribution in [2.45, 2.75) is 13.0 Å². The second kappa shape index (κ2) is 2.50. The number of hydrogen-bond acceptors (Lipinski definition) is 2. The van der Waals surface area contributed by atoms with E-state index in [0.717, 1.165) is 19.5 Å². The second-order valence-electron chi connectivity index (χ2n) is 2.47. The fourth-order valence-corrected chi connectivity index (χ4v) is 1.76. The molecule has 0 unspecified atom stereocenters. The van der Waals surface area contributed by atoms with Crippen LogP contribution in [0.15, 0.2) is 6.20 Å². The molecule has 0 aliphatic carbocycles. The average Bonchev–Trinajstić information content (AvgIpc) is 2.33. The highest BCUT2D eigenvalue weighted by Gasteiger charge is 2.14. The second-order valence-corrected chi connectivity index (χ2v) is 3.83. The third-order valence-electron chi connectivity index (χ3n) is 1.76. The number of halogens is 1. The fraction of sp³-hybridized carbons (Fsp3) is 0.500. The van der Waals surface area contributed by atoms with Gasteiger partial charge in [-0.1, -0.05) is 0 Å². The smallest absolute Gasteiger partial charge is 0.0533 e. The molecule has 1 aliphatic heterocycles. The summed E-state index contributed by atoms with van der Waals surface area (Å²) in [6.45, 7) is 2.16. The van der Waals surface area contributed by atoms with Crippen molar-refractivity contribution in [2.24, 2.45) is 0 Å². The van der Waals surface area contributed by atoms with Gasteiger partial charge < -0.3 is 0 Å². The monoisotopic (exact) mass is 249 g/mol. The number of nitrogens with zero attached hydrogens (tertiary/aromatic N) is 2. The van der Waals surface area contributed by atoms with Crippen LogP contribution in [0.4, 0.5) is 0 Å². The van der Waals surface area contributed by atoms with Crippen molar-refractivity contribution < 1.29 is 0 Å². The molecule has 0 amide bonds. The van der Waals surface area contributed by atoms with Gasteiger partial charge in [0.15, 0.2) is 0 Å². The molecule has 10 heavy (non-hydrogen) atoms. The summed E-state index contributed by atoms with van der Waals surface area (Å²) in [6.07, 6.45) is 3.06. The maximum absolute atomic E-state index is 3.98. The highest BCUT2D eigenvalue weighted by Crippen LogP contribution is 2.17. The maximum atomic E-state index is 3.98. The predicted octanol–water partition coefficient (Wildman–Crippen LogP) is 1.12. The lowest BCUT2D eigenvalue weighted by atomic mass is 10.1. The number of aromatic amines is 1. The molecule has 1 aliphatic rings. The first-order chi connectivity index (χ1) is 4.86. The van der Waals surface area contributed by atoms with Crippen molar-refractivity contribution >= 4 is 22.9 Å². The molecule has 0 aromatic carbocycles. The van der Waals surface area contributed by atoms with Crippen LogP contribution in [0.3, 0.4) is 0 Å². The normalized spacial score (nSPS) is 18.9. The van der Waals surface area contributed by atoms with E-state index in [9.17, 15) is 0 Å². The highest BCUT2D eigenvalue weighted by molar-refractivity contribution is 14.1. The van der Waals surface area contributed by atoms with Crippen molar-refractivity contribution in [3.8, 4) is 0 Å². The molecule has 54 valence electrons. The lowest BCUT2D eigenvalue weighted by Gasteiger charge is -2.18. The van der Waals surface area contributed by atoms with Gasteiger partial charge in [0.05, 0.1) is 18.4 Å². The molecular weight excluding hydrogens is 241 g/mol. The first-order valence-electron chi connectivity index (χ1n) is 3.28. The number of H-pyrrole nitrogens is 1. The molecular formula is C6H8IN3. The van der Waals surface area contributed by atoms with E-state index in [1.165, 1.54) is 11.3 Å². The zero-order chi connectivity index (χ0) is 6.97. The summed E-state index contributed by atoms with van der Waals surface area (Å²) in [5.41, 5.74) is 2.66. The van der Waals surface area contributed by atoms with E-state index in [-0.39, 0.29) is 0 Å². The topological polar surface area (TPSA) is 31.9 Å². The number of rotatable bonds is 0. The molecule has 4 heteroatoms. The van der Waals surface area contributed by atoms with Crippen LogP contribution in [-0.4, -0.2) is 19.9 Å². The van der Waals surface area contributed by atoms with Crippen LogP contribution < -0.4 is 0 Å². The van der Waals surface area contributed by atoms with Gasteiger partial charge in [-0.05, 0) is 12.0 Å². The number of aromatic nitrogens is 2. The zero-order valence-electron chi connectivity index (χ0n) is 5.47. The van der Waals surface area contributed by atoms with Crippen LogP contribution in [0.2, 0.25) is 0 Å². The fourth-order valence-electron chi connectivity index (χ4n) is 1.18. The Morgan fingerprint density at radius 2 is 2.60 bits per heavy atom. The van der Waals surface area contributed by atoms with Gasteiger partial charge in [0, 0.05) is 29.4 Å². The highest BCUT2D eigenvalue weighted by atomic mass is 127. The van der Waals surface area contributed by atoms with E-state index in [2.05, 4.69) is 36.2 Å². The van der Waals surface area contributed by atoms with Gasteiger partial charge in [-0.2, -0.15) is 5.10 Å². The molecule has 0 radical (unpaired) electrons. The Kier molecular flexibility index (Phi) is 1.65. The van der Waals surface area contributed by atoms with Gasteiger partial charge >= 0.3 is 0 Å². The van der Waals surface area contributed by atoms with Crippen LogP contribution in [0.5, 0.6) is 0 Å². The molecule has 1 aromatic rings. The van der Waals surface area contributed by atoms with E-state index in [1.54, 1.807) is 0 Å². The Bertz CT molecular complexity index is 233. The minimum Gasteiger partial charge on any atom is -0.281 e. The van der Waals surface area contributed by atoms with Gasteiger partial charge in [-0.3, -0.25) is 5.10 Å². The van der Waals surface area contributed by atoms with Crippen molar-refractivity contribution in [3.05, 3.63) is 17.5 Å². The Morgan fingerprint density at radius 3 is 3.50 bits per heavy atom. The van der Waals surface area contributed by atoms with E-state index in [4.69, 9.17) is 0 Å². The Labute approximate surface area is 73.3 Å². The summed E-state index contributed by atoms with van der Waals surface area (Å²) >= 11 is 2.34. The third kappa shape index (κ3) is 1.05. The summed E-state index contributed by atoms with van der Waals surface area (Å²) < 4.78 is 2.26. The Morgan fingerprint density at radius 1 is 1.70 bits per heavy atom. The van der Waals surface area contributed by atoms with Crippen LogP contribution >= 0.6 is 22.9 Å². The van der Waals surface area contributed by atoms with E-state index in [1.807, 2.05) is 6.20 Å². The molecule has 3 nitrogen and oxygen atoms in total. The van der Waals surface area contributed by atoms with E-state index in [0.29, 0.717) is 0 Å². The minimum absolute atomic E-state index is 1.01. The number of hydrogen-bond donors (Lipinski definition) is 1. The van der Waals surface area contributed by atoms with Gasteiger partial charge in [-0.25, -0.2) is 3.11 Å². The predicted molar refractivity (Wildman–Crippen MR) is 46.7 cm³/mol. The molecule has 0 fully saturated rings. The van der Waals surface area contributed by atoms with Crippen molar-refractivity contribution in [2.75, 3.05) is 6.54 Å². The summed E-state index contributed by atoms with van der Waals surface area (Å²) in [6, 6.07) is 0. The van der Waals surface area contributed by atoms with Crippen LogP contribution in [0.25, 0.3) is 0 Å². The van der Waals surface area contributed by atoms with E-state index < -0.39 is 0 Å². The van der Waals surface area contributed by atoms with Gasteiger partial charge in [0.25, 0.3) is 0 Å². The summed E-state index contributed by atoms with van der Waals surface area (Å²) in [5, 5.41) is 6.97. The average molecular weight is 249 g/mol.